The molecule has 0 aromatic carbocycles. The van der Waals surface area contributed by atoms with Crippen LogP contribution < -0.4 is 5.32 Å². The zero-order valence-corrected chi connectivity index (χ0v) is 11.9. The summed E-state index contributed by atoms with van der Waals surface area (Å²) < 4.78 is 10.9. The summed E-state index contributed by atoms with van der Waals surface area (Å²) in [5, 5.41) is 2.99. The first-order valence-electron chi connectivity index (χ1n) is 7.13. The molecule has 0 aromatic rings. The third-order valence-corrected chi connectivity index (χ3v) is 3.51. The maximum atomic E-state index is 12.0. The smallest absolute Gasteiger partial charge is 0.317 e. The van der Waals surface area contributed by atoms with E-state index in [9.17, 15) is 4.79 Å². The highest BCUT2D eigenvalue weighted by Gasteiger charge is 2.25. The van der Waals surface area contributed by atoms with Gasteiger partial charge in [0.2, 0.25) is 0 Å². The molecule has 2 aliphatic heterocycles. The second-order valence-corrected chi connectivity index (χ2v) is 5.35. The molecule has 2 atom stereocenters. The Balaban J connectivity index is 1.65. The number of ether oxygens (including phenoxy) is 2. The maximum Gasteiger partial charge on any atom is 0.317 e. The van der Waals surface area contributed by atoms with Crippen molar-refractivity contribution in [3.8, 4) is 0 Å². The highest BCUT2D eigenvalue weighted by molar-refractivity contribution is 5.74. The van der Waals surface area contributed by atoms with Gasteiger partial charge in [0.25, 0.3) is 0 Å². The van der Waals surface area contributed by atoms with Crippen LogP contribution in [0.2, 0.25) is 0 Å². The summed E-state index contributed by atoms with van der Waals surface area (Å²) in [6.07, 6.45) is 0.238. The van der Waals surface area contributed by atoms with E-state index in [1.165, 1.54) is 0 Å². The van der Waals surface area contributed by atoms with Crippen LogP contribution >= 0.6 is 0 Å². The van der Waals surface area contributed by atoms with Gasteiger partial charge in [-0.05, 0) is 13.8 Å². The fraction of sp³-hybridized carbons (Fsp3) is 0.923. The first-order chi connectivity index (χ1) is 9.15. The van der Waals surface area contributed by atoms with Gasteiger partial charge in [-0.1, -0.05) is 0 Å². The standard InChI is InChI=1S/C13H25N3O3/c1-11-9-16(10-12(2)19-11)13(17)14-3-4-15-5-7-18-8-6-15/h11-12H,3-10H2,1-2H3,(H,14,17). The number of carbonyl (C=O) groups excluding carboxylic acids is 1. The van der Waals surface area contributed by atoms with Gasteiger partial charge < -0.3 is 19.7 Å². The van der Waals surface area contributed by atoms with Gasteiger partial charge in [0, 0.05) is 39.3 Å². The minimum atomic E-state index is 0.0234. The minimum Gasteiger partial charge on any atom is -0.379 e. The van der Waals surface area contributed by atoms with Crippen molar-refractivity contribution in [3.63, 3.8) is 0 Å². The second kappa shape index (κ2) is 7.07. The van der Waals surface area contributed by atoms with E-state index in [2.05, 4.69) is 10.2 Å². The zero-order chi connectivity index (χ0) is 13.7. The number of rotatable bonds is 3. The van der Waals surface area contributed by atoms with Crippen LogP contribution in [0.4, 0.5) is 4.79 Å². The van der Waals surface area contributed by atoms with E-state index >= 15 is 0 Å². The molecule has 0 aliphatic carbocycles. The fourth-order valence-electron chi connectivity index (χ4n) is 2.60. The molecule has 2 rings (SSSR count). The normalized spacial score (nSPS) is 29.3. The van der Waals surface area contributed by atoms with Crippen molar-refractivity contribution in [2.45, 2.75) is 26.1 Å². The number of carbonyl (C=O) groups is 1. The van der Waals surface area contributed by atoms with Gasteiger partial charge in [-0.15, -0.1) is 0 Å². The van der Waals surface area contributed by atoms with Crippen LogP contribution in [0.3, 0.4) is 0 Å². The molecule has 0 aromatic heterocycles. The van der Waals surface area contributed by atoms with Crippen LogP contribution in [0.15, 0.2) is 0 Å². The highest BCUT2D eigenvalue weighted by atomic mass is 16.5. The largest absolute Gasteiger partial charge is 0.379 e. The van der Waals surface area contributed by atoms with Gasteiger partial charge in [0.1, 0.15) is 0 Å². The summed E-state index contributed by atoms with van der Waals surface area (Å²) in [5.74, 6) is 0. The second-order valence-electron chi connectivity index (χ2n) is 5.35. The molecular weight excluding hydrogens is 246 g/mol. The Morgan fingerprint density at radius 2 is 1.84 bits per heavy atom. The molecule has 2 fully saturated rings. The number of urea groups is 1. The summed E-state index contributed by atoms with van der Waals surface area (Å²) >= 11 is 0. The predicted octanol–water partition coefficient (Wildman–Crippen LogP) is 0.137. The Morgan fingerprint density at radius 3 is 2.47 bits per heavy atom. The quantitative estimate of drug-likeness (QED) is 0.793. The van der Waals surface area contributed by atoms with Crippen molar-refractivity contribution in [2.24, 2.45) is 0 Å². The maximum absolute atomic E-state index is 12.0. The molecule has 19 heavy (non-hydrogen) atoms. The molecule has 110 valence electrons. The lowest BCUT2D eigenvalue weighted by Crippen LogP contribution is -2.52. The van der Waals surface area contributed by atoms with E-state index in [0.29, 0.717) is 19.6 Å². The van der Waals surface area contributed by atoms with Gasteiger partial charge >= 0.3 is 6.03 Å². The Hall–Kier alpha value is -0.850. The van der Waals surface area contributed by atoms with Crippen molar-refractivity contribution < 1.29 is 14.3 Å². The molecule has 6 nitrogen and oxygen atoms in total. The third kappa shape index (κ3) is 4.63. The monoisotopic (exact) mass is 271 g/mol. The number of nitrogens with zero attached hydrogens (tertiary/aromatic N) is 2. The summed E-state index contributed by atoms with van der Waals surface area (Å²) in [6, 6.07) is 0.0234. The van der Waals surface area contributed by atoms with Gasteiger partial charge in [0.05, 0.1) is 25.4 Å². The van der Waals surface area contributed by atoms with Gasteiger partial charge in [-0.25, -0.2) is 4.79 Å². The molecule has 2 unspecified atom stereocenters. The van der Waals surface area contributed by atoms with Crippen molar-refractivity contribution in [1.29, 1.82) is 0 Å². The van der Waals surface area contributed by atoms with E-state index in [1.54, 1.807) is 0 Å². The van der Waals surface area contributed by atoms with Crippen LogP contribution in [-0.2, 0) is 9.47 Å². The van der Waals surface area contributed by atoms with Crippen LogP contribution in [-0.4, -0.2) is 80.5 Å². The summed E-state index contributed by atoms with van der Waals surface area (Å²) in [6.45, 7) is 10.5. The Morgan fingerprint density at radius 1 is 1.21 bits per heavy atom. The molecule has 0 spiro atoms. The SMILES string of the molecule is CC1CN(C(=O)NCCN2CCOCC2)CC(C)O1. The van der Waals surface area contributed by atoms with E-state index < -0.39 is 0 Å². The number of nitrogens with one attached hydrogen (secondary N) is 1. The van der Waals surface area contributed by atoms with E-state index in [-0.39, 0.29) is 18.2 Å². The first kappa shape index (κ1) is 14.6. The molecule has 1 N–H and O–H groups in total. The molecular formula is C13H25N3O3. The number of morpholine rings is 2. The highest BCUT2D eigenvalue weighted by Crippen LogP contribution is 2.10. The molecule has 2 saturated heterocycles. The zero-order valence-electron chi connectivity index (χ0n) is 11.9. The van der Waals surface area contributed by atoms with Crippen LogP contribution in [0.25, 0.3) is 0 Å². The lowest BCUT2D eigenvalue weighted by molar-refractivity contribution is -0.0545. The summed E-state index contributed by atoms with van der Waals surface area (Å²) in [4.78, 5) is 16.2. The lowest BCUT2D eigenvalue weighted by atomic mass is 10.2. The average Bonchev–Trinajstić information content (AvgIpc) is 2.38. The number of hydrogen-bond acceptors (Lipinski definition) is 4. The Kier molecular flexibility index (Phi) is 5.42. The van der Waals surface area contributed by atoms with Crippen LogP contribution in [0.5, 0.6) is 0 Å². The molecule has 0 bridgehead atoms. The Bertz CT molecular complexity index is 285. The Labute approximate surface area is 115 Å². The fourth-order valence-corrected chi connectivity index (χ4v) is 2.60. The predicted molar refractivity (Wildman–Crippen MR) is 72.2 cm³/mol. The summed E-state index contributed by atoms with van der Waals surface area (Å²) in [7, 11) is 0. The average molecular weight is 271 g/mol. The van der Waals surface area contributed by atoms with E-state index in [0.717, 1.165) is 32.8 Å². The topological polar surface area (TPSA) is 54.0 Å². The van der Waals surface area contributed by atoms with Crippen molar-refractivity contribution in [1.82, 2.24) is 15.1 Å². The van der Waals surface area contributed by atoms with Gasteiger partial charge in [-0.2, -0.15) is 0 Å². The number of hydrogen-bond donors (Lipinski definition) is 1. The molecule has 2 heterocycles. The van der Waals surface area contributed by atoms with Gasteiger partial charge in [-0.3, -0.25) is 4.90 Å². The molecule has 6 heteroatoms. The molecule has 0 radical (unpaired) electrons. The minimum absolute atomic E-state index is 0.0234. The first-order valence-corrected chi connectivity index (χ1v) is 7.13. The van der Waals surface area contributed by atoms with Crippen molar-refractivity contribution in [2.75, 3.05) is 52.5 Å². The van der Waals surface area contributed by atoms with Crippen LogP contribution in [0.1, 0.15) is 13.8 Å². The third-order valence-electron chi connectivity index (χ3n) is 3.51. The summed E-state index contributed by atoms with van der Waals surface area (Å²) in [5.41, 5.74) is 0. The lowest BCUT2D eigenvalue weighted by Gasteiger charge is -2.35. The van der Waals surface area contributed by atoms with E-state index in [1.807, 2.05) is 18.7 Å². The number of amides is 2. The van der Waals surface area contributed by atoms with Crippen molar-refractivity contribution >= 4 is 6.03 Å². The molecule has 2 aliphatic rings. The van der Waals surface area contributed by atoms with E-state index in [4.69, 9.17) is 9.47 Å². The van der Waals surface area contributed by atoms with Crippen LogP contribution in [0, 0.1) is 0 Å². The molecule has 0 saturated carbocycles. The van der Waals surface area contributed by atoms with Crippen molar-refractivity contribution in [3.05, 3.63) is 0 Å². The van der Waals surface area contributed by atoms with Gasteiger partial charge in [0.15, 0.2) is 0 Å². The molecule has 2 amide bonds.